The zero-order chi connectivity index (χ0) is 19.2. The van der Waals surface area contributed by atoms with Crippen molar-refractivity contribution < 1.29 is 9.47 Å². The van der Waals surface area contributed by atoms with Crippen molar-refractivity contribution in [3.05, 3.63) is 62.9 Å². The summed E-state index contributed by atoms with van der Waals surface area (Å²) >= 11 is 3.18. The third-order valence-corrected chi connectivity index (χ3v) is 5.28. The Hall–Kier alpha value is -2.64. The number of nitrogens with zero attached hydrogens (tertiary/aromatic N) is 3. The topological polar surface area (TPSA) is 48.1 Å². The number of thiophene rings is 1. The average molecular weight is 400 g/mol. The van der Waals surface area contributed by atoms with Gasteiger partial charge < -0.3 is 9.47 Å². The summed E-state index contributed by atoms with van der Waals surface area (Å²) in [6.45, 7) is 6.45. The Labute approximate surface area is 166 Å². The molecule has 0 fully saturated rings. The molecule has 0 aliphatic carbocycles. The van der Waals surface area contributed by atoms with Gasteiger partial charge in [-0.05, 0) is 35.9 Å². The van der Waals surface area contributed by atoms with Gasteiger partial charge in [-0.3, -0.25) is 4.99 Å². The zero-order valence-electron chi connectivity index (χ0n) is 15.5. The molecular weight excluding hydrogens is 378 g/mol. The molecule has 7 heteroatoms. The maximum absolute atomic E-state index is 5.57. The second-order valence-corrected chi connectivity index (χ2v) is 7.47. The minimum absolute atomic E-state index is 0.563. The molecule has 27 heavy (non-hydrogen) atoms. The maximum Gasteiger partial charge on any atom is 0.206 e. The summed E-state index contributed by atoms with van der Waals surface area (Å²) in [4.78, 5) is 5.45. The first kappa shape index (κ1) is 19.1. The van der Waals surface area contributed by atoms with Crippen LogP contribution in [0.1, 0.15) is 12.5 Å². The zero-order valence-corrected chi connectivity index (χ0v) is 17.1. The summed E-state index contributed by atoms with van der Waals surface area (Å²) in [5, 5.41) is 10.8. The van der Waals surface area contributed by atoms with Gasteiger partial charge in [-0.25, -0.2) is 4.68 Å². The van der Waals surface area contributed by atoms with Gasteiger partial charge in [0.15, 0.2) is 0 Å². The van der Waals surface area contributed by atoms with E-state index in [2.05, 4.69) is 22.1 Å². The van der Waals surface area contributed by atoms with Crippen molar-refractivity contribution in [2.75, 3.05) is 20.8 Å². The molecule has 0 unspecified atom stereocenters. The molecular formula is C20H21N3O2S2. The van der Waals surface area contributed by atoms with Gasteiger partial charge in [0, 0.05) is 22.6 Å². The smallest absolute Gasteiger partial charge is 0.206 e. The van der Waals surface area contributed by atoms with Crippen LogP contribution < -0.4 is 14.3 Å². The number of methoxy groups -OCH3 is 2. The first-order valence-corrected chi connectivity index (χ1v) is 10.1. The second kappa shape index (κ2) is 8.83. The van der Waals surface area contributed by atoms with Gasteiger partial charge >= 0.3 is 0 Å². The summed E-state index contributed by atoms with van der Waals surface area (Å²) in [6, 6.07) is 7.77. The molecule has 140 valence electrons. The summed E-state index contributed by atoms with van der Waals surface area (Å²) in [5.41, 5.74) is 3.89. The fraction of sp³-hybridized carbons (Fsp3) is 0.200. The lowest BCUT2D eigenvalue weighted by atomic mass is 10.1. The number of hydrogen-bond donors (Lipinski definition) is 0. The third-order valence-electron chi connectivity index (χ3n) is 3.72. The number of hydrogen-bond acceptors (Lipinski definition) is 6. The quantitative estimate of drug-likeness (QED) is 0.429. The van der Waals surface area contributed by atoms with E-state index in [1.165, 1.54) is 11.3 Å². The molecule has 0 aliphatic rings. The molecule has 0 spiro atoms. The highest BCUT2D eigenvalue weighted by atomic mass is 32.1. The Kier molecular flexibility index (Phi) is 6.26. The molecule has 3 aromatic rings. The summed E-state index contributed by atoms with van der Waals surface area (Å²) < 4.78 is 12.7. The molecule has 0 radical (unpaired) electrons. The minimum Gasteiger partial charge on any atom is -0.497 e. The Balaban J connectivity index is 2.13. The first-order chi connectivity index (χ1) is 13.1. The van der Waals surface area contributed by atoms with Crippen molar-refractivity contribution in [3.8, 4) is 22.8 Å². The van der Waals surface area contributed by atoms with E-state index in [4.69, 9.17) is 9.47 Å². The molecule has 0 saturated carbocycles. The Bertz CT molecular complexity index is 1010. The molecule has 2 heterocycles. The summed E-state index contributed by atoms with van der Waals surface area (Å²) in [7, 11) is 3.29. The maximum atomic E-state index is 5.57. The van der Waals surface area contributed by atoms with E-state index in [1.807, 2.05) is 52.8 Å². The van der Waals surface area contributed by atoms with E-state index < -0.39 is 0 Å². The first-order valence-electron chi connectivity index (χ1n) is 8.26. The average Bonchev–Trinajstić information content (AvgIpc) is 3.33. The summed E-state index contributed by atoms with van der Waals surface area (Å²) in [5.74, 6) is 1.46. The van der Waals surface area contributed by atoms with Crippen molar-refractivity contribution in [2.24, 2.45) is 10.1 Å². The standard InChI is InChI=1S/C20H21N3O2S2/c1-14(2)10-21-20-23(22-11-15-7-8-26-12-15)18(13-27-20)17-6-5-16(24-3)9-19(17)25-4/h5-9,11-13H,1,10H2,2-4H3. The molecule has 0 N–H and O–H groups in total. The van der Waals surface area contributed by atoms with Crippen LogP contribution in [0.5, 0.6) is 11.5 Å². The summed E-state index contributed by atoms with van der Waals surface area (Å²) in [6.07, 6.45) is 1.84. The van der Waals surface area contributed by atoms with Crippen LogP contribution in [0.25, 0.3) is 11.3 Å². The van der Waals surface area contributed by atoms with Crippen LogP contribution in [-0.2, 0) is 0 Å². The van der Waals surface area contributed by atoms with Crippen molar-refractivity contribution in [3.63, 3.8) is 0 Å². The van der Waals surface area contributed by atoms with Crippen LogP contribution in [0.15, 0.2) is 62.7 Å². The number of aromatic nitrogens is 1. The minimum atomic E-state index is 0.563. The number of rotatable bonds is 7. The van der Waals surface area contributed by atoms with Crippen LogP contribution in [-0.4, -0.2) is 31.7 Å². The second-order valence-electron chi connectivity index (χ2n) is 5.86. The van der Waals surface area contributed by atoms with Crippen LogP contribution >= 0.6 is 22.7 Å². The van der Waals surface area contributed by atoms with Gasteiger partial charge in [-0.15, -0.1) is 11.3 Å². The van der Waals surface area contributed by atoms with Gasteiger partial charge in [-0.2, -0.15) is 16.4 Å². The van der Waals surface area contributed by atoms with E-state index >= 15 is 0 Å². The predicted octanol–water partition coefficient (Wildman–Crippen LogP) is 4.65. The van der Waals surface area contributed by atoms with Gasteiger partial charge in [0.05, 0.1) is 32.7 Å². The highest BCUT2D eigenvalue weighted by Gasteiger charge is 2.13. The highest BCUT2D eigenvalue weighted by molar-refractivity contribution is 7.08. The van der Waals surface area contributed by atoms with Gasteiger partial charge in [0.25, 0.3) is 0 Å². The molecule has 5 nitrogen and oxygen atoms in total. The fourth-order valence-corrected chi connectivity index (χ4v) is 3.83. The predicted molar refractivity (Wildman–Crippen MR) is 113 cm³/mol. The van der Waals surface area contributed by atoms with E-state index in [1.54, 1.807) is 25.6 Å². The molecule has 0 amide bonds. The van der Waals surface area contributed by atoms with E-state index in [9.17, 15) is 0 Å². The van der Waals surface area contributed by atoms with E-state index in [0.29, 0.717) is 6.54 Å². The molecule has 3 rings (SSSR count). The molecule has 2 aromatic heterocycles. The third kappa shape index (κ3) is 4.56. The SMILES string of the molecule is C=C(C)CN=c1scc(-c2ccc(OC)cc2OC)n1N=Cc1ccsc1. The number of benzene rings is 1. The Morgan fingerprint density at radius 1 is 1.22 bits per heavy atom. The fourth-order valence-electron chi connectivity index (χ4n) is 2.39. The van der Waals surface area contributed by atoms with E-state index in [-0.39, 0.29) is 0 Å². The van der Waals surface area contributed by atoms with Gasteiger partial charge in [0.1, 0.15) is 11.5 Å². The lowest BCUT2D eigenvalue weighted by molar-refractivity contribution is 0.395. The largest absolute Gasteiger partial charge is 0.497 e. The molecule has 0 atom stereocenters. The van der Waals surface area contributed by atoms with Crippen molar-refractivity contribution >= 4 is 28.9 Å². The van der Waals surface area contributed by atoms with Crippen LogP contribution in [0.3, 0.4) is 0 Å². The van der Waals surface area contributed by atoms with Crippen molar-refractivity contribution in [2.45, 2.75) is 6.92 Å². The molecule has 1 aromatic carbocycles. The van der Waals surface area contributed by atoms with Crippen molar-refractivity contribution in [1.29, 1.82) is 0 Å². The Morgan fingerprint density at radius 2 is 2.07 bits per heavy atom. The number of thiazole rings is 1. The van der Waals surface area contributed by atoms with Gasteiger partial charge in [0.2, 0.25) is 4.80 Å². The lowest BCUT2D eigenvalue weighted by Gasteiger charge is -2.10. The highest BCUT2D eigenvalue weighted by Crippen LogP contribution is 2.33. The molecule has 0 aliphatic heterocycles. The van der Waals surface area contributed by atoms with Crippen LogP contribution in [0, 0.1) is 0 Å². The normalized spacial score (nSPS) is 11.9. The lowest BCUT2D eigenvalue weighted by Crippen LogP contribution is -2.13. The van der Waals surface area contributed by atoms with Crippen molar-refractivity contribution in [1.82, 2.24) is 4.68 Å². The van der Waals surface area contributed by atoms with E-state index in [0.717, 1.165) is 38.7 Å². The molecule has 0 saturated heterocycles. The molecule has 0 bridgehead atoms. The van der Waals surface area contributed by atoms with Crippen LogP contribution in [0.2, 0.25) is 0 Å². The monoisotopic (exact) mass is 399 g/mol. The van der Waals surface area contributed by atoms with Crippen LogP contribution in [0.4, 0.5) is 0 Å². The Morgan fingerprint density at radius 3 is 2.74 bits per heavy atom. The number of ether oxygens (including phenoxy) is 2. The van der Waals surface area contributed by atoms with Gasteiger partial charge in [-0.1, -0.05) is 12.2 Å².